The molecule has 2 aromatic rings. The molecule has 0 aliphatic carbocycles. The Morgan fingerprint density at radius 1 is 1.37 bits per heavy atom. The minimum absolute atomic E-state index is 0.161. The molecule has 0 saturated heterocycles. The van der Waals surface area contributed by atoms with Crippen molar-refractivity contribution in [2.24, 2.45) is 0 Å². The molecule has 0 spiro atoms. The molecule has 19 heavy (non-hydrogen) atoms. The van der Waals surface area contributed by atoms with Crippen LogP contribution in [0.15, 0.2) is 42.6 Å². The molecule has 4 nitrogen and oxygen atoms in total. The molecule has 1 amide bonds. The molecule has 98 valence electrons. The van der Waals surface area contributed by atoms with Crippen molar-refractivity contribution in [1.82, 2.24) is 4.98 Å². The lowest BCUT2D eigenvalue weighted by Crippen LogP contribution is -2.31. The van der Waals surface area contributed by atoms with Crippen LogP contribution in [-0.4, -0.2) is 17.4 Å². The molecule has 0 fully saturated rings. The van der Waals surface area contributed by atoms with Crippen molar-refractivity contribution in [3.8, 4) is 0 Å². The van der Waals surface area contributed by atoms with Crippen LogP contribution in [-0.2, 0) is 0 Å². The zero-order valence-corrected chi connectivity index (χ0v) is 11.3. The SMILES string of the molecule is CCN(C(=O)c1cc(N)cnc1Cl)c1ccccc1. The summed E-state index contributed by atoms with van der Waals surface area (Å²) < 4.78 is 0. The number of hydrogen-bond donors (Lipinski definition) is 1. The van der Waals surface area contributed by atoms with Gasteiger partial charge in [0.15, 0.2) is 0 Å². The van der Waals surface area contributed by atoms with E-state index in [2.05, 4.69) is 4.98 Å². The second kappa shape index (κ2) is 5.71. The number of nitrogens with zero attached hydrogens (tertiary/aromatic N) is 2. The topological polar surface area (TPSA) is 59.2 Å². The number of carbonyl (C=O) groups excluding carboxylic acids is 1. The van der Waals surface area contributed by atoms with Gasteiger partial charge in [0.05, 0.1) is 17.4 Å². The lowest BCUT2D eigenvalue weighted by atomic mass is 10.2. The number of benzene rings is 1. The van der Waals surface area contributed by atoms with E-state index in [0.29, 0.717) is 17.8 Å². The number of carbonyl (C=O) groups is 1. The number of pyridine rings is 1. The highest BCUT2D eigenvalue weighted by molar-refractivity contribution is 6.33. The van der Waals surface area contributed by atoms with Gasteiger partial charge < -0.3 is 10.6 Å². The van der Waals surface area contributed by atoms with E-state index in [-0.39, 0.29) is 11.1 Å². The molecular formula is C14H14ClN3O. The molecule has 1 heterocycles. The standard InChI is InChI=1S/C14H14ClN3O/c1-2-18(11-6-4-3-5-7-11)14(19)12-8-10(16)9-17-13(12)15/h3-9H,2,16H2,1H3. The lowest BCUT2D eigenvalue weighted by Gasteiger charge is -2.21. The molecule has 0 radical (unpaired) electrons. The number of hydrogen-bond acceptors (Lipinski definition) is 3. The molecule has 0 atom stereocenters. The van der Waals surface area contributed by atoms with Crippen molar-refractivity contribution >= 4 is 28.9 Å². The summed E-state index contributed by atoms with van der Waals surface area (Å²) in [6.07, 6.45) is 1.43. The van der Waals surface area contributed by atoms with Crippen molar-refractivity contribution in [2.45, 2.75) is 6.92 Å². The number of para-hydroxylation sites is 1. The molecule has 0 aliphatic heterocycles. The Balaban J connectivity index is 2.39. The van der Waals surface area contributed by atoms with Crippen LogP contribution in [0.5, 0.6) is 0 Å². The van der Waals surface area contributed by atoms with E-state index in [1.165, 1.54) is 6.20 Å². The van der Waals surface area contributed by atoms with E-state index in [4.69, 9.17) is 17.3 Å². The number of nitrogen functional groups attached to an aromatic ring is 1. The van der Waals surface area contributed by atoms with Crippen LogP contribution in [0.25, 0.3) is 0 Å². The van der Waals surface area contributed by atoms with Gasteiger partial charge in [0.25, 0.3) is 5.91 Å². The minimum atomic E-state index is -0.210. The Morgan fingerprint density at radius 3 is 2.68 bits per heavy atom. The highest BCUT2D eigenvalue weighted by Gasteiger charge is 2.19. The molecule has 1 aromatic carbocycles. The first-order valence-electron chi connectivity index (χ1n) is 5.91. The fourth-order valence-electron chi connectivity index (χ4n) is 1.81. The number of nitrogens with two attached hydrogens (primary N) is 1. The first kappa shape index (κ1) is 13.4. The van der Waals surface area contributed by atoms with Gasteiger partial charge in [-0.25, -0.2) is 4.98 Å². The molecular weight excluding hydrogens is 262 g/mol. The predicted molar refractivity (Wildman–Crippen MR) is 77.5 cm³/mol. The Kier molecular flexibility index (Phi) is 4.02. The van der Waals surface area contributed by atoms with E-state index < -0.39 is 0 Å². The van der Waals surface area contributed by atoms with Crippen LogP contribution >= 0.6 is 11.6 Å². The predicted octanol–water partition coefficient (Wildman–Crippen LogP) is 2.98. The van der Waals surface area contributed by atoms with Gasteiger partial charge in [-0.15, -0.1) is 0 Å². The lowest BCUT2D eigenvalue weighted by molar-refractivity contribution is 0.0988. The van der Waals surface area contributed by atoms with Crippen molar-refractivity contribution < 1.29 is 4.79 Å². The van der Waals surface area contributed by atoms with Crippen molar-refractivity contribution in [3.05, 3.63) is 53.3 Å². The average Bonchev–Trinajstić information content (AvgIpc) is 2.43. The molecule has 2 N–H and O–H groups in total. The third-order valence-corrected chi connectivity index (χ3v) is 3.02. The van der Waals surface area contributed by atoms with E-state index in [1.807, 2.05) is 37.3 Å². The third-order valence-electron chi connectivity index (χ3n) is 2.72. The second-order valence-electron chi connectivity index (χ2n) is 3.99. The normalized spacial score (nSPS) is 10.2. The highest BCUT2D eigenvalue weighted by atomic mass is 35.5. The van der Waals surface area contributed by atoms with Gasteiger partial charge in [-0.2, -0.15) is 0 Å². The second-order valence-corrected chi connectivity index (χ2v) is 4.35. The first-order valence-corrected chi connectivity index (χ1v) is 6.29. The number of halogens is 1. The van der Waals surface area contributed by atoms with E-state index in [9.17, 15) is 4.79 Å². The molecule has 0 aliphatic rings. The Morgan fingerprint density at radius 2 is 2.05 bits per heavy atom. The maximum atomic E-state index is 12.5. The Labute approximate surface area is 116 Å². The van der Waals surface area contributed by atoms with Crippen molar-refractivity contribution in [2.75, 3.05) is 17.2 Å². The van der Waals surface area contributed by atoms with Gasteiger partial charge in [-0.3, -0.25) is 4.79 Å². The van der Waals surface area contributed by atoms with Gasteiger partial charge in [0.2, 0.25) is 0 Å². The summed E-state index contributed by atoms with van der Waals surface area (Å²) in [5.74, 6) is -0.210. The van der Waals surface area contributed by atoms with E-state index in [0.717, 1.165) is 5.69 Å². The van der Waals surface area contributed by atoms with Crippen LogP contribution in [0.1, 0.15) is 17.3 Å². The largest absolute Gasteiger partial charge is 0.397 e. The van der Waals surface area contributed by atoms with Gasteiger partial charge in [-0.05, 0) is 25.1 Å². The highest BCUT2D eigenvalue weighted by Crippen LogP contribution is 2.21. The summed E-state index contributed by atoms with van der Waals surface area (Å²) in [5.41, 5.74) is 7.19. The van der Waals surface area contributed by atoms with E-state index >= 15 is 0 Å². The number of amides is 1. The van der Waals surface area contributed by atoms with Crippen LogP contribution in [0.2, 0.25) is 5.15 Å². The summed E-state index contributed by atoms with van der Waals surface area (Å²) in [6, 6.07) is 10.9. The zero-order chi connectivity index (χ0) is 13.8. The summed E-state index contributed by atoms with van der Waals surface area (Å²) in [5, 5.41) is 0.161. The molecule has 0 saturated carbocycles. The fraction of sp³-hybridized carbons (Fsp3) is 0.143. The third kappa shape index (κ3) is 2.85. The van der Waals surface area contributed by atoms with Crippen LogP contribution in [0, 0.1) is 0 Å². The smallest absolute Gasteiger partial charge is 0.261 e. The van der Waals surface area contributed by atoms with Crippen molar-refractivity contribution in [3.63, 3.8) is 0 Å². The summed E-state index contributed by atoms with van der Waals surface area (Å²) in [6.45, 7) is 2.44. The maximum Gasteiger partial charge on any atom is 0.261 e. The quantitative estimate of drug-likeness (QED) is 0.876. The number of anilines is 2. The summed E-state index contributed by atoms with van der Waals surface area (Å²) in [4.78, 5) is 18.0. The van der Waals surface area contributed by atoms with Gasteiger partial charge >= 0.3 is 0 Å². The zero-order valence-electron chi connectivity index (χ0n) is 10.5. The molecule has 1 aromatic heterocycles. The summed E-state index contributed by atoms with van der Waals surface area (Å²) in [7, 11) is 0. The maximum absolute atomic E-state index is 12.5. The number of rotatable bonds is 3. The van der Waals surface area contributed by atoms with Crippen LogP contribution in [0.3, 0.4) is 0 Å². The van der Waals surface area contributed by atoms with Crippen LogP contribution < -0.4 is 10.6 Å². The molecule has 0 unspecified atom stereocenters. The Bertz CT molecular complexity index is 586. The molecule has 2 rings (SSSR count). The molecule has 0 bridgehead atoms. The van der Waals surface area contributed by atoms with Gasteiger partial charge in [0, 0.05) is 12.2 Å². The first-order chi connectivity index (χ1) is 9.13. The average molecular weight is 276 g/mol. The van der Waals surface area contributed by atoms with E-state index in [1.54, 1.807) is 11.0 Å². The number of aromatic nitrogens is 1. The van der Waals surface area contributed by atoms with Crippen molar-refractivity contribution in [1.29, 1.82) is 0 Å². The van der Waals surface area contributed by atoms with Gasteiger partial charge in [0.1, 0.15) is 5.15 Å². The Hall–Kier alpha value is -2.07. The minimum Gasteiger partial charge on any atom is -0.397 e. The van der Waals surface area contributed by atoms with Crippen LogP contribution in [0.4, 0.5) is 11.4 Å². The molecule has 5 heteroatoms. The summed E-state index contributed by atoms with van der Waals surface area (Å²) >= 11 is 5.97. The fourth-order valence-corrected chi connectivity index (χ4v) is 2.00. The monoisotopic (exact) mass is 275 g/mol. The van der Waals surface area contributed by atoms with Gasteiger partial charge in [-0.1, -0.05) is 29.8 Å².